The van der Waals surface area contributed by atoms with Crippen molar-refractivity contribution in [1.82, 2.24) is 4.90 Å². The largest absolute Gasteiger partial charge is 0.459 e. The van der Waals surface area contributed by atoms with E-state index < -0.39 is 11.9 Å². The van der Waals surface area contributed by atoms with Crippen molar-refractivity contribution in [3.63, 3.8) is 0 Å². The van der Waals surface area contributed by atoms with Gasteiger partial charge in [0.05, 0.1) is 0 Å². The third-order valence-electron chi connectivity index (χ3n) is 4.98. The van der Waals surface area contributed by atoms with Crippen molar-refractivity contribution in [2.75, 3.05) is 5.75 Å². The number of allylic oxidation sites excluding steroid dienone is 3. The Hall–Kier alpha value is -2.15. The minimum atomic E-state index is -0.754. The van der Waals surface area contributed by atoms with E-state index in [1.165, 1.54) is 19.1 Å². The van der Waals surface area contributed by atoms with Crippen LogP contribution in [0.1, 0.15) is 52.9 Å². The number of hydrogen-bond acceptors (Lipinski definition) is 6. The summed E-state index contributed by atoms with van der Waals surface area (Å²) in [5.41, 5.74) is 0.977. The lowest BCUT2D eigenvalue weighted by Gasteiger charge is -2.19. The Morgan fingerprint density at radius 1 is 1.31 bits per heavy atom. The number of nitrogens with zero attached hydrogens (tertiary/aromatic N) is 1. The van der Waals surface area contributed by atoms with E-state index in [9.17, 15) is 19.2 Å². The second kappa shape index (κ2) is 11.1. The molecule has 0 unspecified atom stereocenters. The number of carbonyl (C=O) groups is 4. The summed E-state index contributed by atoms with van der Waals surface area (Å²) in [6, 6.07) is -0.754. The topological polar surface area (TPSA) is 80.8 Å². The molecule has 158 valence electrons. The molecule has 3 atom stereocenters. The molecule has 0 aromatic heterocycles. The van der Waals surface area contributed by atoms with E-state index in [0.717, 1.165) is 41.5 Å². The van der Waals surface area contributed by atoms with Crippen molar-refractivity contribution < 1.29 is 23.9 Å². The zero-order chi connectivity index (χ0) is 21.4. The molecule has 0 radical (unpaired) electrons. The van der Waals surface area contributed by atoms with Gasteiger partial charge in [0.15, 0.2) is 5.78 Å². The van der Waals surface area contributed by atoms with Crippen LogP contribution in [-0.2, 0) is 19.1 Å². The highest BCUT2D eigenvalue weighted by atomic mass is 32.2. The molecule has 2 aliphatic rings. The monoisotopic (exact) mass is 419 g/mol. The standard InChI is InChI=1S/C22H29NO5S/c1-15-7-4-5-8-16(2)13-21(26)28-18(12-11-15)9-6-10-20(25)19-14-29-22(27)23(19)17(3)24/h4,6-7,10,13,15,18-19H,5,8-9,11-12,14H2,1-3H3/b7-4-,10-6+,16-13-/t15-,18+,19+/m1/s1. The minimum Gasteiger partial charge on any atom is -0.459 e. The summed E-state index contributed by atoms with van der Waals surface area (Å²) >= 11 is 0.975. The van der Waals surface area contributed by atoms with Gasteiger partial charge in [-0.15, -0.1) is 0 Å². The predicted molar refractivity (Wildman–Crippen MR) is 113 cm³/mol. The first-order valence-corrected chi connectivity index (χ1v) is 11.0. The van der Waals surface area contributed by atoms with Crippen LogP contribution in [0.25, 0.3) is 0 Å². The number of imide groups is 1. The van der Waals surface area contributed by atoms with Crippen LogP contribution in [0.4, 0.5) is 4.79 Å². The normalized spacial score (nSPS) is 29.6. The van der Waals surface area contributed by atoms with Crippen molar-refractivity contribution in [2.45, 2.75) is 65.0 Å². The molecular weight excluding hydrogens is 390 g/mol. The van der Waals surface area contributed by atoms with Crippen molar-refractivity contribution in [1.29, 1.82) is 0 Å². The molecule has 2 heterocycles. The van der Waals surface area contributed by atoms with Gasteiger partial charge in [-0.25, -0.2) is 4.79 Å². The van der Waals surface area contributed by atoms with E-state index in [2.05, 4.69) is 19.1 Å². The van der Waals surface area contributed by atoms with Gasteiger partial charge in [-0.3, -0.25) is 19.3 Å². The number of thioether (sulfide) groups is 1. The number of cyclic esters (lactones) is 1. The fourth-order valence-corrected chi connectivity index (χ4v) is 4.32. The third kappa shape index (κ3) is 7.31. The molecule has 0 spiro atoms. The van der Waals surface area contributed by atoms with Crippen molar-refractivity contribution >= 4 is 34.7 Å². The highest BCUT2D eigenvalue weighted by molar-refractivity contribution is 8.14. The highest BCUT2D eigenvalue weighted by Gasteiger charge is 2.38. The zero-order valence-corrected chi connectivity index (χ0v) is 18.1. The molecule has 1 fully saturated rings. The van der Waals surface area contributed by atoms with Crippen molar-refractivity contribution in [2.24, 2.45) is 5.92 Å². The molecule has 0 aliphatic carbocycles. The fraction of sp³-hybridized carbons (Fsp3) is 0.545. The number of ketones is 1. The molecule has 0 bridgehead atoms. The molecule has 2 rings (SSSR count). The summed E-state index contributed by atoms with van der Waals surface area (Å²) < 4.78 is 5.60. The van der Waals surface area contributed by atoms with Crippen LogP contribution in [-0.4, -0.2) is 45.7 Å². The van der Waals surface area contributed by atoms with E-state index >= 15 is 0 Å². The molecule has 29 heavy (non-hydrogen) atoms. The average Bonchev–Trinajstić information content (AvgIpc) is 3.04. The summed E-state index contributed by atoms with van der Waals surface area (Å²) in [5.74, 6) is -0.413. The number of carbonyl (C=O) groups excluding carboxylic acids is 4. The molecule has 1 saturated heterocycles. The van der Waals surface area contributed by atoms with Gasteiger partial charge in [0, 0.05) is 25.2 Å². The number of ether oxygens (including phenoxy) is 1. The van der Waals surface area contributed by atoms with Crippen LogP contribution < -0.4 is 0 Å². The van der Waals surface area contributed by atoms with Gasteiger partial charge >= 0.3 is 5.97 Å². The lowest BCUT2D eigenvalue weighted by molar-refractivity contribution is -0.143. The second-order valence-electron chi connectivity index (χ2n) is 7.59. The summed E-state index contributed by atoms with van der Waals surface area (Å²) in [4.78, 5) is 49.0. The molecule has 0 aromatic rings. The Labute approximate surface area is 176 Å². The smallest absolute Gasteiger partial charge is 0.330 e. The lowest BCUT2D eigenvalue weighted by Crippen LogP contribution is -2.41. The van der Waals surface area contributed by atoms with Gasteiger partial charge in [0.25, 0.3) is 5.24 Å². The summed E-state index contributed by atoms with van der Waals surface area (Å²) in [6.45, 7) is 5.33. The SMILES string of the molecule is CC(=O)N1C(=O)SC[C@H]1C(=O)/C=C/C[C@H]1CC[C@H](C)/C=C\CC/C(C)=C\C(=O)O1. The van der Waals surface area contributed by atoms with Gasteiger partial charge in [-0.1, -0.05) is 42.5 Å². The van der Waals surface area contributed by atoms with Crippen LogP contribution in [0, 0.1) is 5.92 Å². The van der Waals surface area contributed by atoms with Gasteiger partial charge in [0.1, 0.15) is 12.1 Å². The molecule has 6 nitrogen and oxygen atoms in total. The van der Waals surface area contributed by atoms with E-state index in [4.69, 9.17) is 4.74 Å². The van der Waals surface area contributed by atoms with E-state index in [1.807, 2.05) is 6.92 Å². The minimum absolute atomic E-state index is 0.272. The molecule has 0 aromatic carbocycles. The number of hydrogen-bond donors (Lipinski definition) is 0. The molecule has 2 amide bonds. The average molecular weight is 420 g/mol. The van der Waals surface area contributed by atoms with E-state index in [1.54, 1.807) is 6.08 Å². The Morgan fingerprint density at radius 3 is 2.79 bits per heavy atom. The van der Waals surface area contributed by atoms with Crippen LogP contribution in [0.2, 0.25) is 0 Å². The quantitative estimate of drug-likeness (QED) is 0.386. The summed E-state index contributed by atoms with van der Waals surface area (Å²) in [6.07, 6.45) is 12.3. The Kier molecular flexibility index (Phi) is 8.89. The third-order valence-corrected chi connectivity index (χ3v) is 5.91. The Balaban J connectivity index is 2.00. The van der Waals surface area contributed by atoms with Crippen LogP contribution in [0.5, 0.6) is 0 Å². The summed E-state index contributed by atoms with van der Waals surface area (Å²) in [7, 11) is 0. The van der Waals surface area contributed by atoms with Crippen LogP contribution in [0.3, 0.4) is 0 Å². The maximum absolute atomic E-state index is 12.4. The zero-order valence-electron chi connectivity index (χ0n) is 17.3. The van der Waals surface area contributed by atoms with Gasteiger partial charge in [-0.2, -0.15) is 0 Å². The van der Waals surface area contributed by atoms with Gasteiger partial charge < -0.3 is 4.74 Å². The molecule has 7 heteroatoms. The molecular formula is C22H29NO5S. The number of esters is 1. The van der Waals surface area contributed by atoms with Crippen molar-refractivity contribution in [3.8, 4) is 0 Å². The first kappa shape index (κ1) is 23.1. The molecule has 0 N–H and O–H groups in total. The van der Waals surface area contributed by atoms with Gasteiger partial charge in [0.2, 0.25) is 5.91 Å². The predicted octanol–water partition coefficient (Wildman–Crippen LogP) is 4.21. The first-order valence-electron chi connectivity index (χ1n) is 9.99. The van der Waals surface area contributed by atoms with E-state index in [0.29, 0.717) is 18.8 Å². The maximum Gasteiger partial charge on any atom is 0.330 e. The second-order valence-corrected chi connectivity index (χ2v) is 8.56. The molecule has 0 saturated carbocycles. The fourth-order valence-electron chi connectivity index (χ4n) is 3.31. The maximum atomic E-state index is 12.4. The number of rotatable bonds is 4. The Morgan fingerprint density at radius 2 is 2.07 bits per heavy atom. The van der Waals surface area contributed by atoms with Crippen molar-refractivity contribution in [3.05, 3.63) is 36.0 Å². The number of amides is 2. The highest BCUT2D eigenvalue weighted by Crippen LogP contribution is 2.25. The van der Waals surface area contributed by atoms with Crippen LogP contribution in [0.15, 0.2) is 36.0 Å². The Bertz CT molecular complexity index is 739. The first-order chi connectivity index (χ1) is 13.8. The summed E-state index contributed by atoms with van der Waals surface area (Å²) in [5, 5.41) is -0.387. The molecule has 2 aliphatic heterocycles. The van der Waals surface area contributed by atoms with Gasteiger partial charge in [-0.05, 0) is 44.6 Å². The van der Waals surface area contributed by atoms with E-state index in [-0.39, 0.29) is 28.8 Å². The van der Waals surface area contributed by atoms with Crippen LogP contribution >= 0.6 is 11.8 Å². The lowest BCUT2D eigenvalue weighted by atomic mass is 9.99.